The number of carbonyl (C=O) groups excluding carboxylic acids is 1. The van der Waals surface area contributed by atoms with Crippen LogP contribution >= 0.6 is 24.2 Å². The van der Waals surface area contributed by atoms with E-state index in [0.717, 1.165) is 18.4 Å². The number of hydrogen-bond donors (Lipinski definition) is 3. The first-order valence-electron chi connectivity index (χ1n) is 8.45. The van der Waals surface area contributed by atoms with Crippen LogP contribution in [0.2, 0.25) is 0 Å². The molecule has 1 saturated carbocycles. The fourth-order valence-corrected chi connectivity index (χ4v) is 4.30. The van der Waals surface area contributed by atoms with Gasteiger partial charge in [-0.15, -0.1) is 12.4 Å². The lowest BCUT2D eigenvalue weighted by atomic mass is 10.1. The Kier molecular flexibility index (Phi) is 9.40. The number of aryl methyl sites for hydroxylation is 1. The first-order valence-corrected chi connectivity index (χ1v) is 11.3. The lowest BCUT2D eigenvalue weighted by Gasteiger charge is -2.22. The monoisotopic (exact) mass is 421 g/mol. The van der Waals surface area contributed by atoms with Gasteiger partial charge in [-0.3, -0.25) is 4.79 Å². The van der Waals surface area contributed by atoms with Crippen LogP contribution in [0.5, 0.6) is 0 Å². The molecule has 2 atom stereocenters. The SMILES string of the molecule is CSCCC(NS(=O)(=O)c1ccc(C)cc1)C(=O)NC(CN)C1CC1.Cl. The molecule has 0 bridgehead atoms. The number of thioether (sulfide) groups is 1. The number of nitrogens with two attached hydrogens (primary N) is 1. The molecule has 0 aromatic heterocycles. The van der Waals surface area contributed by atoms with E-state index >= 15 is 0 Å². The third-order valence-corrected chi connectivity index (χ3v) is 6.46. The van der Waals surface area contributed by atoms with Gasteiger partial charge >= 0.3 is 0 Å². The second kappa shape index (κ2) is 10.5. The number of benzene rings is 1. The van der Waals surface area contributed by atoms with Crippen LogP contribution in [0.25, 0.3) is 0 Å². The van der Waals surface area contributed by atoms with Crippen molar-refractivity contribution < 1.29 is 13.2 Å². The van der Waals surface area contributed by atoms with Gasteiger partial charge in [0, 0.05) is 12.6 Å². The van der Waals surface area contributed by atoms with Gasteiger partial charge in [0.1, 0.15) is 6.04 Å². The molecule has 26 heavy (non-hydrogen) atoms. The minimum atomic E-state index is -3.75. The fourth-order valence-electron chi connectivity index (χ4n) is 2.60. The summed E-state index contributed by atoms with van der Waals surface area (Å²) in [6.07, 6.45) is 4.48. The Labute approximate surface area is 166 Å². The Bertz CT molecular complexity index is 679. The highest BCUT2D eigenvalue weighted by atomic mass is 35.5. The van der Waals surface area contributed by atoms with Crippen LogP contribution in [-0.4, -0.2) is 45.0 Å². The summed E-state index contributed by atoms with van der Waals surface area (Å²) in [5, 5.41) is 2.92. The van der Waals surface area contributed by atoms with Crippen molar-refractivity contribution in [3.05, 3.63) is 29.8 Å². The summed E-state index contributed by atoms with van der Waals surface area (Å²) in [7, 11) is -3.75. The number of nitrogens with one attached hydrogen (secondary N) is 2. The van der Waals surface area contributed by atoms with Crippen LogP contribution in [-0.2, 0) is 14.8 Å². The molecular formula is C17H28ClN3O3S2. The third-order valence-electron chi connectivity index (χ3n) is 4.33. The Morgan fingerprint density at radius 3 is 2.42 bits per heavy atom. The van der Waals surface area contributed by atoms with Crippen LogP contribution in [0, 0.1) is 12.8 Å². The van der Waals surface area contributed by atoms with E-state index in [4.69, 9.17) is 5.73 Å². The maximum atomic E-state index is 12.6. The summed E-state index contributed by atoms with van der Waals surface area (Å²) >= 11 is 1.57. The molecule has 0 saturated heterocycles. The molecule has 0 aliphatic heterocycles. The van der Waals surface area contributed by atoms with Crippen molar-refractivity contribution in [3.63, 3.8) is 0 Å². The first-order chi connectivity index (χ1) is 11.9. The molecule has 0 heterocycles. The topological polar surface area (TPSA) is 101 Å². The predicted molar refractivity (Wildman–Crippen MR) is 109 cm³/mol. The average molecular weight is 422 g/mol. The van der Waals surface area contributed by atoms with Crippen molar-refractivity contribution >= 4 is 40.1 Å². The van der Waals surface area contributed by atoms with E-state index in [9.17, 15) is 13.2 Å². The molecule has 1 aliphatic rings. The zero-order valence-electron chi connectivity index (χ0n) is 15.1. The summed E-state index contributed by atoms with van der Waals surface area (Å²) in [5.74, 6) is 0.807. The van der Waals surface area contributed by atoms with Gasteiger partial charge in [-0.1, -0.05) is 17.7 Å². The lowest BCUT2D eigenvalue weighted by Crippen LogP contribution is -2.52. The first kappa shape index (κ1) is 23.2. The molecule has 1 aliphatic carbocycles. The predicted octanol–water partition coefficient (Wildman–Crippen LogP) is 1.67. The van der Waals surface area contributed by atoms with Crippen molar-refractivity contribution in [1.29, 1.82) is 0 Å². The van der Waals surface area contributed by atoms with E-state index in [0.29, 0.717) is 24.6 Å². The molecule has 1 aromatic rings. The molecule has 0 spiro atoms. The average Bonchev–Trinajstić information content (AvgIpc) is 3.41. The minimum absolute atomic E-state index is 0. The van der Waals surface area contributed by atoms with E-state index in [1.54, 1.807) is 36.0 Å². The van der Waals surface area contributed by atoms with Crippen molar-refractivity contribution in [1.82, 2.24) is 10.0 Å². The van der Waals surface area contributed by atoms with Gasteiger partial charge in [-0.05, 0) is 56.2 Å². The fraction of sp³-hybridized carbons (Fsp3) is 0.588. The van der Waals surface area contributed by atoms with Crippen molar-refractivity contribution in [3.8, 4) is 0 Å². The normalized spacial score (nSPS) is 16.4. The smallest absolute Gasteiger partial charge is 0.241 e. The van der Waals surface area contributed by atoms with Gasteiger partial charge in [-0.25, -0.2) is 8.42 Å². The Hall–Kier alpha value is -0.800. The van der Waals surface area contributed by atoms with E-state index in [2.05, 4.69) is 10.0 Å². The molecule has 1 aromatic carbocycles. The molecule has 148 valence electrons. The van der Waals surface area contributed by atoms with Gasteiger partial charge < -0.3 is 11.1 Å². The molecule has 6 nitrogen and oxygen atoms in total. The second-order valence-corrected chi connectivity index (χ2v) is 9.16. The van der Waals surface area contributed by atoms with Crippen molar-refractivity contribution in [2.75, 3.05) is 18.6 Å². The zero-order valence-corrected chi connectivity index (χ0v) is 17.6. The van der Waals surface area contributed by atoms with Crippen molar-refractivity contribution in [2.24, 2.45) is 11.7 Å². The lowest BCUT2D eigenvalue weighted by molar-refractivity contribution is -0.123. The maximum Gasteiger partial charge on any atom is 0.241 e. The van der Waals surface area contributed by atoms with E-state index < -0.39 is 16.1 Å². The number of amides is 1. The van der Waals surface area contributed by atoms with Crippen LogP contribution in [0.1, 0.15) is 24.8 Å². The van der Waals surface area contributed by atoms with Crippen LogP contribution < -0.4 is 15.8 Å². The Balaban J connectivity index is 0.00000338. The summed E-state index contributed by atoms with van der Waals surface area (Å²) in [4.78, 5) is 12.8. The molecule has 0 radical (unpaired) electrons. The van der Waals surface area contributed by atoms with E-state index in [1.807, 2.05) is 13.2 Å². The molecule has 2 rings (SSSR count). The van der Waals surface area contributed by atoms with E-state index in [1.165, 1.54) is 0 Å². The summed E-state index contributed by atoms with van der Waals surface area (Å²) in [6, 6.07) is 5.70. The quantitative estimate of drug-likeness (QED) is 0.533. The van der Waals surface area contributed by atoms with Gasteiger partial charge in [0.15, 0.2) is 0 Å². The number of sulfonamides is 1. The highest BCUT2D eigenvalue weighted by molar-refractivity contribution is 7.98. The van der Waals surface area contributed by atoms with Gasteiger partial charge in [0.2, 0.25) is 15.9 Å². The van der Waals surface area contributed by atoms with Crippen molar-refractivity contribution in [2.45, 2.75) is 43.2 Å². The Morgan fingerprint density at radius 1 is 1.31 bits per heavy atom. The third kappa shape index (κ3) is 6.74. The van der Waals surface area contributed by atoms with Gasteiger partial charge in [0.05, 0.1) is 4.90 Å². The molecule has 4 N–H and O–H groups in total. The second-order valence-electron chi connectivity index (χ2n) is 6.46. The minimum Gasteiger partial charge on any atom is -0.350 e. The van der Waals surface area contributed by atoms with Gasteiger partial charge in [0.25, 0.3) is 0 Å². The van der Waals surface area contributed by atoms with Crippen LogP contribution in [0.3, 0.4) is 0 Å². The summed E-state index contributed by atoms with van der Waals surface area (Å²) in [5.41, 5.74) is 6.71. The van der Waals surface area contributed by atoms with Gasteiger partial charge in [-0.2, -0.15) is 16.5 Å². The highest BCUT2D eigenvalue weighted by Crippen LogP contribution is 2.32. The summed E-state index contributed by atoms with van der Waals surface area (Å²) < 4.78 is 27.8. The number of carbonyl (C=O) groups is 1. The molecule has 2 unspecified atom stereocenters. The number of hydrogen-bond acceptors (Lipinski definition) is 5. The Morgan fingerprint density at radius 2 is 1.92 bits per heavy atom. The van der Waals surface area contributed by atoms with Crippen LogP contribution in [0.15, 0.2) is 29.2 Å². The molecular weight excluding hydrogens is 394 g/mol. The van der Waals surface area contributed by atoms with E-state index in [-0.39, 0.29) is 29.3 Å². The number of rotatable bonds is 10. The van der Waals surface area contributed by atoms with Crippen LogP contribution in [0.4, 0.5) is 0 Å². The molecule has 1 amide bonds. The molecule has 9 heteroatoms. The maximum absolute atomic E-state index is 12.6. The summed E-state index contributed by atoms with van der Waals surface area (Å²) in [6.45, 7) is 2.26. The standard InChI is InChI=1S/C17H27N3O3S2.ClH/c1-12-3-7-14(8-4-12)25(22,23)20-15(9-10-24-2)17(21)19-16(11-18)13-5-6-13;/h3-4,7-8,13,15-16,20H,5-6,9-11,18H2,1-2H3,(H,19,21);1H. The largest absolute Gasteiger partial charge is 0.350 e. The molecule has 1 fully saturated rings. The zero-order chi connectivity index (χ0) is 18.4. The number of halogens is 1. The highest BCUT2D eigenvalue weighted by Gasteiger charge is 2.33.